The van der Waals surface area contributed by atoms with Crippen LogP contribution in [0.4, 0.5) is 9.52 Å². The van der Waals surface area contributed by atoms with Gasteiger partial charge in [0, 0.05) is 42.5 Å². The lowest BCUT2D eigenvalue weighted by Gasteiger charge is -2.33. The number of aromatic nitrogens is 2. The Labute approximate surface area is 146 Å². The number of carbonyl (C=O) groups excluding carboxylic acids is 1. The van der Waals surface area contributed by atoms with Crippen LogP contribution in [0.25, 0.3) is 0 Å². The van der Waals surface area contributed by atoms with Crippen molar-refractivity contribution in [2.75, 3.05) is 18.4 Å². The molecule has 5 atom stereocenters. The molecule has 0 spiro atoms. The number of carbonyl (C=O) groups is 1. The highest BCUT2D eigenvalue weighted by atomic mass is 32.1. The molecule has 24 heavy (non-hydrogen) atoms. The molecule has 2 heterocycles. The zero-order valence-corrected chi connectivity index (χ0v) is 14.9. The summed E-state index contributed by atoms with van der Waals surface area (Å²) in [4.78, 5) is 19.2. The van der Waals surface area contributed by atoms with E-state index in [1.54, 1.807) is 0 Å². The Morgan fingerprint density at radius 3 is 2.88 bits per heavy atom. The van der Waals surface area contributed by atoms with E-state index in [2.05, 4.69) is 14.7 Å². The van der Waals surface area contributed by atoms with E-state index in [9.17, 15) is 9.18 Å². The number of amides is 1. The van der Waals surface area contributed by atoms with E-state index >= 15 is 0 Å². The van der Waals surface area contributed by atoms with Crippen LogP contribution in [0.5, 0.6) is 0 Å². The number of aryl methyl sites for hydroxylation is 1. The number of likely N-dealkylation sites (tertiary alicyclic amines) is 1. The number of halogens is 1. The zero-order valence-electron chi connectivity index (χ0n) is 14.1. The first-order chi connectivity index (χ1) is 11.6. The van der Waals surface area contributed by atoms with Gasteiger partial charge >= 0.3 is 0 Å². The third-order valence-corrected chi connectivity index (χ3v) is 6.70. The average Bonchev–Trinajstić information content (AvgIpc) is 3.27. The zero-order chi connectivity index (χ0) is 16.7. The Kier molecular flexibility index (Phi) is 4.45. The number of rotatable bonds is 3. The van der Waals surface area contributed by atoms with E-state index in [0.717, 1.165) is 36.9 Å². The summed E-state index contributed by atoms with van der Waals surface area (Å²) in [5.74, 6) is 1.96. The van der Waals surface area contributed by atoms with Crippen molar-refractivity contribution in [1.82, 2.24) is 14.3 Å². The Bertz CT molecular complexity index is 609. The number of anilines is 1. The fourth-order valence-corrected chi connectivity index (χ4v) is 5.39. The van der Waals surface area contributed by atoms with Gasteiger partial charge in [-0.1, -0.05) is 6.42 Å². The molecule has 1 saturated heterocycles. The van der Waals surface area contributed by atoms with Crippen LogP contribution in [0.3, 0.4) is 0 Å². The molecule has 0 aromatic carbocycles. The predicted octanol–water partition coefficient (Wildman–Crippen LogP) is 3.02. The lowest BCUT2D eigenvalue weighted by molar-refractivity contribution is -0.134. The number of hydrogen-bond donors (Lipinski definition) is 1. The van der Waals surface area contributed by atoms with Crippen molar-refractivity contribution in [3.05, 3.63) is 5.82 Å². The highest BCUT2D eigenvalue weighted by molar-refractivity contribution is 7.09. The summed E-state index contributed by atoms with van der Waals surface area (Å²) in [6.07, 6.45) is 4.43. The first-order valence-electron chi connectivity index (χ1n) is 9.10. The van der Waals surface area contributed by atoms with Crippen molar-refractivity contribution in [3.63, 3.8) is 0 Å². The molecule has 1 aliphatic heterocycles. The van der Waals surface area contributed by atoms with E-state index in [0.29, 0.717) is 30.7 Å². The molecule has 5 unspecified atom stereocenters. The van der Waals surface area contributed by atoms with Gasteiger partial charge in [0.05, 0.1) is 0 Å². The molecule has 4 rings (SSSR count). The average molecular weight is 352 g/mol. The van der Waals surface area contributed by atoms with Crippen molar-refractivity contribution >= 4 is 22.6 Å². The lowest BCUT2D eigenvalue weighted by Crippen LogP contribution is -2.38. The van der Waals surface area contributed by atoms with Gasteiger partial charge in [-0.2, -0.15) is 4.37 Å². The van der Waals surface area contributed by atoms with Gasteiger partial charge in [0.25, 0.3) is 0 Å². The molecule has 1 amide bonds. The van der Waals surface area contributed by atoms with Gasteiger partial charge in [-0.25, -0.2) is 9.37 Å². The second-order valence-corrected chi connectivity index (χ2v) is 8.35. The molecule has 1 aromatic rings. The smallest absolute Gasteiger partial charge is 0.225 e. The maximum Gasteiger partial charge on any atom is 0.225 e. The van der Waals surface area contributed by atoms with Gasteiger partial charge in [0.2, 0.25) is 11.0 Å². The first kappa shape index (κ1) is 16.2. The minimum absolute atomic E-state index is 0.0858. The van der Waals surface area contributed by atoms with E-state index in [1.165, 1.54) is 24.4 Å². The predicted molar refractivity (Wildman–Crippen MR) is 91.7 cm³/mol. The van der Waals surface area contributed by atoms with Crippen molar-refractivity contribution < 1.29 is 9.18 Å². The van der Waals surface area contributed by atoms with E-state index in [1.807, 2.05) is 11.8 Å². The van der Waals surface area contributed by atoms with Crippen LogP contribution in [-0.2, 0) is 4.79 Å². The Morgan fingerprint density at radius 2 is 2.17 bits per heavy atom. The largest absolute Gasteiger partial charge is 0.357 e. The Hall–Kier alpha value is -1.24. The second-order valence-electron chi connectivity index (χ2n) is 7.60. The SMILES string of the molecule is Cc1nsc(NC2CCCC3CN(C(=O)C4CCC(F)C4)CC32)n1. The number of alkyl halides is 1. The summed E-state index contributed by atoms with van der Waals surface area (Å²) >= 11 is 1.41. The normalized spacial score (nSPS) is 35.9. The van der Waals surface area contributed by atoms with Crippen molar-refractivity contribution in [3.8, 4) is 0 Å². The van der Waals surface area contributed by atoms with Crippen molar-refractivity contribution in [1.29, 1.82) is 0 Å². The van der Waals surface area contributed by atoms with Crippen LogP contribution in [0.1, 0.15) is 44.3 Å². The molecule has 3 aliphatic rings. The molecule has 2 saturated carbocycles. The van der Waals surface area contributed by atoms with E-state index < -0.39 is 6.17 Å². The first-order valence-corrected chi connectivity index (χ1v) is 9.87. The van der Waals surface area contributed by atoms with Gasteiger partial charge in [0.1, 0.15) is 12.0 Å². The van der Waals surface area contributed by atoms with E-state index in [-0.39, 0.29) is 11.8 Å². The molecular weight excluding hydrogens is 327 g/mol. The van der Waals surface area contributed by atoms with Gasteiger partial charge < -0.3 is 10.2 Å². The summed E-state index contributed by atoms with van der Waals surface area (Å²) < 4.78 is 17.7. The molecule has 5 nitrogen and oxygen atoms in total. The van der Waals surface area contributed by atoms with Gasteiger partial charge in [-0.05, 0) is 44.9 Å². The highest BCUT2D eigenvalue weighted by Gasteiger charge is 2.44. The summed E-state index contributed by atoms with van der Waals surface area (Å²) in [6, 6.07) is 0.367. The number of hydrogen-bond acceptors (Lipinski definition) is 5. The minimum atomic E-state index is -0.779. The van der Waals surface area contributed by atoms with Gasteiger partial charge in [0.15, 0.2) is 0 Å². The fourth-order valence-electron chi connectivity index (χ4n) is 4.75. The van der Waals surface area contributed by atoms with Gasteiger partial charge in [-0.3, -0.25) is 4.79 Å². The molecule has 0 bridgehead atoms. The van der Waals surface area contributed by atoms with Crippen LogP contribution in [-0.4, -0.2) is 45.5 Å². The van der Waals surface area contributed by atoms with Crippen molar-refractivity contribution in [2.24, 2.45) is 17.8 Å². The monoisotopic (exact) mass is 352 g/mol. The number of fused-ring (bicyclic) bond motifs is 1. The second kappa shape index (κ2) is 6.58. The third kappa shape index (κ3) is 3.15. The quantitative estimate of drug-likeness (QED) is 0.908. The summed E-state index contributed by atoms with van der Waals surface area (Å²) in [6.45, 7) is 3.57. The third-order valence-electron chi connectivity index (χ3n) is 5.96. The molecule has 1 aromatic heterocycles. The maximum atomic E-state index is 13.4. The summed E-state index contributed by atoms with van der Waals surface area (Å²) in [5, 5.41) is 4.44. The summed E-state index contributed by atoms with van der Waals surface area (Å²) in [5.41, 5.74) is 0. The molecule has 0 radical (unpaired) electrons. The fraction of sp³-hybridized carbons (Fsp3) is 0.824. The molecule has 7 heteroatoms. The lowest BCUT2D eigenvalue weighted by atomic mass is 9.78. The Morgan fingerprint density at radius 1 is 1.29 bits per heavy atom. The minimum Gasteiger partial charge on any atom is -0.357 e. The van der Waals surface area contributed by atoms with Crippen LogP contribution in [0.15, 0.2) is 0 Å². The molecule has 2 aliphatic carbocycles. The molecule has 132 valence electrons. The molecule has 3 fully saturated rings. The highest BCUT2D eigenvalue weighted by Crippen LogP contribution is 2.39. The van der Waals surface area contributed by atoms with E-state index in [4.69, 9.17) is 0 Å². The summed E-state index contributed by atoms with van der Waals surface area (Å²) in [7, 11) is 0. The van der Waals surface area contributed by atoms with Crippen molar-refractivity contribution in [2.45, 2.75) is 57.7 Å². The molecule has 1 N–H and O–H groups in total. The van der Waals surface area contributed by atoms with Gasteiger partial charge in [-0.15, -0.1) is 0 Å². The van der Waals surface area contributed by atoms with Crippen LogP contribution < -0.4 is 5.32 Å². The number of nitrogens with one attached hydrogen (secondary N) is 1. The topological polar surface area (TPSA) is 58.1 Å². The standard InChI is InChI=1S/C17H25FN4OS/c1-10-19-17(24-21-10)20-15-4-2-3-12-8-22(9-14(12)15)16(23)11-5-6-13(18)7-11/h11-15H,2-9H2,1H3,(H,19,20,21). The van der Waals surface area contributed by atoms with Crippen LogP contribution >= 0.6 is 11.5 Å². The number of nitrogens with zero attached hydrogens (tertiary/aromatic N) is 3. The van der Waals surface area contributed by atoms with Crippen LogP contribution in [0.2, 0.25) is 0 Å². The Balaban J connectivity index is 1.41. The maximum absolute atomic E-state index is 13.4. The van der Waals surface area contributed by atoms with Crippen LogP contribution in [0, 0.1) is 24.7 Å². The molecular formula is C17H25FN4OS.